The van der Waals surface area contributed by atoms with E-state index >= 15 is 0 Å². The molecule has 3 rings (SSSR count). The standard InChI is InChI=1S/C15H17N3O3/c1-15(2)8-12(17-14(19)11-5-6-20-18-11)10-7-9(16)3-4-13(10)21-15/h3-7,12H,8,16H2,1-2H3,(H,17,19). The summed E-state index contributed by atoms with van der Waals surface area (Å²) < 4.78 is 10.6. The van der Waals surface area contributed by atoms with Crippen molar-refractivity contribution in [3.8, 4) is 5.75 Å². The van der Waals surface area contributed by atoms with Gasteiger partial charge in [0.05, 0.1) is 6.04 Å². The maximum absolute atomic E-state index is 12.2. The van der Waals surface area contributed by atoms with Crippen LogP contribution in [0.2, 0.25) is 0 Å². The molecule has 1 aliphatic rings. The minimum atomic E-state index is -0.370. The zero-order valence-electron chi connectivity index (χ0n) is 11.9. The summed E-state index contributed by atoms with van der Waals surface area (Å²) in [7, 11) is 0. The van der Waals surface area contributed by atoms with Gasteiger partial charge in [-0.2, -0.15) is 0 Å². The second-order valence-electron chi connectivity index (χ2n) is 5.77. The number of hydrogen-bond donors (Lipinski definition) is 2. The zero-order valence-corrected chi connectivity index (χ0v) is 11.9. The molecule has 110 valence electrons. The fourth-order valence-electron chi connectivity index (χ4n) is 2.56. The van der Waals surface area contributed by atoms with E-state index in [0.717, 1.165) is 11.3 Å². The van der Waals surface area contributed by atoms with Crippen LogP contribution in [0, 0.1) is 0 Å². The molecular formula is C15H17N3O3. The number of ether oxygens (including phenoxy) is 1. The summed E-state index contributed by atoms with van der Waals surface area (Å²) in [4.78, 5) is 12.2. The van der Waals surface area contributed by atoms with E-state index in [9.17, 15) is 4.79 Å². The summed E-state index contributed by atoms with van der Waals surface area (Å²) in [5, 5.41) is 6.61. The molecule has 0 radical (unpaired) electrons. The van der Waals surface area contributed by atoms with E-state index in [1.807, 2.05) is 26.0 Å². The maximum atomic E-state index is 12.2. The predicted molar refractivity (Wildman–Crippen MR) is 76.9 cm³/mol. The Kier molecular flexibility index (Phi) is 3.08. The Morgan fingerprint density at radius 2 is 2.24 bits per heavy atom. The molecule has 3 N–H and O–H groups in total. The lowest BCUT2D eigenvalue weighted by Gasteiger charge is -2.37. The number of rotatable bonds is 2. The van der Waals surface area contributed by atoms with Gasteiger partial charge in [0.15, 0.2) is 5.69 Å². The first kappa shape index (κ1) is 13.5. The first-order valence-corrected chi connectivity index (χ1v) is 6.74. The third-order valence-corrected chi connectivity index (χ3v) is 3.47. The molecule has 0 saturated carbocycles. The second kappa shape index (κ2) is 4.80. The van der Waals surface area contributed by atoms with Gasteiger partial charge < -0.3 is 20.3 Å². The van der Waals surface area contributed by atoms with Gasteiger partial charge in [-0.3, -0.25) is 4.79 Å². The number of fused-ring (bicyclic) bond motifs is 1. The highest BCUT2D eigenvalue weighted by molar-refractivity contribution is 5.92. The van der Waals surface area contributed by atoms with Crippen molar-refractivity contribution in [1.29, 1.82) is 0 Å². The molecule has 1 aromatic carbocycles. The van der Waals surface area contributed by atoms with Crippen LogP contribution in [0.4, 0.5) is 5.69 Å². The van der Waals surface area contributed by atoms with Crippen LogP contribution in [-0.2, 0) is 0 Å². The number of amides is 1. The van der Waals surface area contributed by atoms with Crippen LogP contribution in [0.5, 0.6) is 5.75 Å². The first-order chi connectivity index (χ1) is 9.94. The average Bonchev–Trinajstić information content (AvgIpc) is 2.93. The van der Waals surface area contributed by atoms with E-state index < -0.39 is 0 Å². The van der Waals surface area contributed by atoms with E-state index in [-0.39, 0.29) is 23.2 Å². The Morgan fingerprint density at radius 1 is 1.43 bits per heavy atom. The molecule has 0 bridgehead atoms. The van der Waals surface area contributed by atoms with Crippen LogP contribution in [0.25, 0.3) is 0 Å². The summed E-state index contributed by atoms with van der Waals surface area (Å²) in [6.07, 6.45) is 2.02. The Labute approximate surface area is 122 Å². The van der Waals surface area contributed by atoms with Crippen molar-refractivity contribution in [3.05, 3.63) is 41.8 Å². The smallest absolute Gasteiger partial charge is 0.273 e. The van der Waals surface area contributed by atoms with Gasteiger partial charge in [0.2, 0.25) is 0 Å². The van der Waals surface area contributed by atoms with E-state index in [4.69, 9.17) is 15.0 Å². The Bertz CT molecular complexity index is 665. The number of nitrogens with zero attached hydrogens (tertiary/aromatic N) is 1. The normalized spacial score (nSPS) is 19.4. The van der Waals surface area contributed by atoms with Gasteiger partial charge in [-0.05, 0) is 32.0 Å². The van der Waals surface area contributed by atoms with Gasteiger partial charge in [0.1, 0.15) is 17.6 Å². The molecule has 2 aromatic rings. The van der Waals surface area contributed by atoms with Crippen LogP contribution in [0.1, 0.15) is 42.4 Å². The van der Waals surface area contributed by atoms with Crippen LogP contribution < -0.4 is 15.8 Å². The molecule has 1 aliphatic heterocycles. The number of nitrogens with one attached hydrogen (secondary N) is 1. The van der Waals surface area contributed by atoms with Crippen molar-refractivity contribution in [2.45, 2.75) is 31.9 Å². The third kappa shape index (κ3) is 2.69. The number of nitrogen functional groups attached to an aromatic ring is 1. The van der Waals surface area contributed by atoms with E-state index in [1.54, 1.807) is 6.07 Å². The van der Waals surface area contributed by atoms with Crippen molar-refractivity contribution in [2.24, 2.45) is 0 Å². The molecule has 0 spiro atoms. The van der Waals surface area contributed by atoms with E-state index in [1.165, 1.54) is 12.3 Å². The molecule has 1 unspecified atom stereocenters. The number of carbonyl (C=O) groups is 1. The fourth-order valence-corrected chi connectivity index (χ4v) is 2.56. The van der Waals surface area contributed by atoms with E-state index in [2.05, 4.69) is 10.5 Å². The SMILES string of the molecule is CC1(C)CC(NC(=O)c2ccon2)c2cc(N)ccc2O1. The molecule has 2 heterocycles. The number of nitrogens with two attached hydrogens (primary N) is 1. The van der Waals surface area contributed by atoms with Crippen molar-refractivity contribution in [1.82, 2.24) is 10.5 Å². The summed E-state index contributed by atoms with van der Waals surface area (Å²) in [5.74, 6) is 0.464. The van der Waals surface area contributed by atoms with Gasteiger partial charge in [-0.25, -0.2) is 0 Å². The number of anilines is 1. The lowest BCUT2D eigenvalue weighted by molar-refractivity contribution is 0.0617. The molecule has 1 aromatic heterocycles. The first-order valence-electron chi connectivity index (χ1n) is 6.74. The topological polar surface area (TPSA) is 90.4 Å². The van der Waals surface area contributed by atoms with Crippen LogP contribution in [0.15, 0.2) is 35.1 Å². The van der Waals surface area contributed by atoms with Crippen molar-refractivity contribution >= 4 is 11.6 Å². The quantitative estimate of drug-likeness (QED) is 0.827. The fraction of sp³-hybridized carbons (Fsp3) is 0.333. The number of hydrogen-bond acceptors (Lipinski definition) is 5. The molecule has 6 heteroatoms. The minimum Gasteiger partial charge on any atom is -0.487 e. The van der Waals surface area contributed by atoms with Gasteiger partial charge >= 0.3 is 0 Å². The zero-order chi connectivity index (χ0) is 15.0. The lowest BCUT2D eigenvalue weighted by atomic mass is 9.89. The highest BCUT2D eigenvalue weighted by Gasteiger charge is 2.35. The highest BCUT2D eigenvalue weighted by atomic mass is 16.5. The minimum absolute atomic E-state index is 0.184. The van der Waals surface area contributed by atoms with Gasteiger partial charge in [-0.1, -0.05) is 5.16 Å². The second-order valence-corrected chi connectivity index (χ2v) is 5.77. The van der Waals surface area contributed by atoms with Gasteiger partial charge in [0.25, 0.3) is 5.91 Å². The maximum Gasteiger partial charge on any atom is 0.273 e. The third-order valence-electron chi connectivity index (χ3n) is 3.47. The largest absolute Gasteiger partial charge is 0.487 e. The molecule has 1 amide bonds. The molecule has 1 atom stereocenters. The number of aromatic nitrogens is 1. The van der Waals surface area contributed by atoms with Crippen molar-refractivity contribution < 1.29 is 14.1 Å². The molecule has 21 heavy (non-hydrogen) atoms. The molecule has 0 saturated heterocycles. The van der Waals surface area contributed by atoms with Crippen LogP contribution in [0.3, 0.4) is 0 Å². The van der Waals surface area contributed by atoms with Crippen LogP contribution >= 0.6 is 0 Å². The molecule has 0 aliphatic carbocycles. The van der Waals surface area contributed by atoms with Gasteiger partial charge in [0, 0.05) is 23.7 Å². The molecule has 6 nitrogen and oxygen atoms in total. The Balaban J connectivity index is 1.91. The molecular weight excluding hydrogens is 270 g/mol. The number of benzene rings is 1. The van der Waals surface area contributed by atoms with Crippen molar-refractivity contribution in [3.63, 3.8) is 0 Å². The summed E-state index contributed by atoms with van der Waals surface area (Å²) in [6.45, 7) is 3.98. The predicted octanol–water partition coefficient (Wildman–Crippen LogP) is 2.29. The highest BCUT2D eigenvalue weighted by Crippen LogP contribution is 2.40. The lowest BCUT2D eigenvalue weighted by Crippen LogP contribution is -2.41. The summed E-state index contributed by atoms with van der Waals surface area (Å²) in [6, 6.07) is 6.80. The monoisotopic (exact) mass is 287 g/mol. The van der Waals surface area contributed by atoms with Gasteiger partial charge in [-0.15, -0.1) is 0 Å². The van der Waals surface area contributed by atoms with Crippen LogP contribution in [-0.4, -0.2) is 16.7 Å². The Hall–Kier alpha value is -2.50. The summed E-state index contributed by atoms with van der Waals surface area (Å²) >= 11 is 0. The average molecular weight is 287 g/mol. The van der Waals surface area contributed by atoms with E-state index in [0.29, 0.717) is 12.1 Å². The Morgan fingerprint density at radius 3 is 2.95 bits per heavy atom. The molecule has 0 fully saturated rings. The number of carbonyl (C=O) groups excluding carboxylic acids is 1. The van der Waals surface area contributed by atoms with Crippen molar-refractivity contribution in [2.75, 3.05) is 5.73 Å². The summed E-state index contributed by atoms with van der Waals surface area (Å²) in [5.41, 5.74) is 7.24.